The Hall–Kier alpha value is -2.53. The Morgan fingerprint density at radius 1 is 1.21 bits per heavy atom. The van der Waals surface area contributed by atoms with Gasteiger partial charge in [0.1, 0.15) is 0 Å². The van der Waals surface area contributed by atoms with Crippen molar-refractivity contribution in [1.82, 2.24) is 4.90 Å². The van der Waals surface area contributed by atoms with Crippen LogP contribution in [0.5, 0.6) is 0 Å². The molecule has 0 unspecified atom stereocenters. The van der Waals surface area contributed by atoms with Crippen molar-refractivity contribution in [3.05, 3.63) is 64.7 Å². The summed E-state index contributed by atoms with van der Waals surface area (Å²) in [5.41, 5.74) is 4.12. The predicted molar refractivity (Wildman–Crippen MR) is 114 cm³/mol. The fourth-order valence-corrected chi connectivity index (χ4v) is 3.44. The lowest BCUT2D eigenvalue weighted by Gasteiger charge is -2.24. The lowest BCUT2D eigenvalue weighted by molar-refractivity contribution is -0.133. The molecule has 1 aliphatic rings. The summed E-state index contributed by atoms with van der Waals surface area (Å²) in [6.07, 6.45) is 0.996. The smallest absolute Gasteiger partial charge is 0.222 e. The van der Waals surface area contributed by atoms with Crippen LogP contribution in [-0.4, -0.2) is 43.3 Å². The lowest BCUT2D eigenvalue weighted by atomic mass is 10.0. The zero-order chi connectivity index (χ0) is 20.1. The van der Waals surface area contributed by atoms with E-state index in [-0.39, 0.29) is 12.0 Å². The molecule has 0 fully saturated rings. The molecular formula is C22H26ClN3O2. The molecule has 1 heterocycles. The van der Waals surface area contributed by atoms with Crippen LogP contribution in [0.25, 0.3) is 0 Å². The summed E-state index contributed by atoms with van der Waals surface area (Å²) >= 11 is 6.08. The Bertz CT molecular complexity index is 849. The molecule has 3 rings (SSSR count). The van der Waals surface area contributed by atoms with E-state index in [1.807, 2.05) is 50.2 Å². The minimum absolute atomic E-state index is 0.0901. The minimum atomic E-state index is -0.141. The molecule has 0 aliphatic carbocycles. The molecule has 0 saturated carbocycles. The minimum Gasteiger partial charge on any atom is -0.390 e. The summed E-state index contributed by atoms with van der Waals surface area (Å²) in [5, 5.41) is 4.94. The topological polar surface area (TPSA) is 45.1 Å². The van der Waals surface area contributed by atoms with Crippen LogP contribution in [0.2, 0.25) is 5.02 Å². The predicted octanol–water partition coefficient (Wildman–Crippen LogP) is 4.34. The van der Waals surface area contributed by atoms with Gasteiger partial charge in [0.2, 0.25) is 5.91 Å². The first-order chi connectivity index (χ1) is 13.5. The Labute approximate surface area is 171 Å². The molecule has 6 heteroatoms. The van der Waals surface area contributed by atoms with Gasteiger partial charge in [-0.15, -0.1) is 0 Å². The summed E-state index contributed by atoms with van der Waals surface area (Å²) in [6, 6.07) is 15.8. The van der Waals surface area contributed by atoms with Crippen molar-refractivity contribution in [3.63, 3.8) is 0 Å². The highest BCUT2D eigenvalue weighted by Gasteiger charge is 2.26. The van der Waals surface area contributed by atoms with Gasteiger partial charge in [-0.1, -0.05) is 47.9 Å². The first kappa shape index (κ1) is 20.2. The second-order valence-electron chi connectivity index (χ2n) is 7.17. The quantitative estimate of drug-likeness (QED) is 0.695. The van der Waals surface area contributed by atoms with Crippen molar-refractivity contribution in [2.24, 2.45) is 5.16 Å². The van der Waals surface area contributed by atoms with Gasteiger partial charge in [0.25, 0.3) is 0 Å². The maximum absolute atomic E-state index is 12.4. The average Bonchev–Trinajstić information content (AvgIpc) is 3.15. The highest BCUT2D eigenvalue weighted by molar-refractivity contribution is 6.30. The molecule has 0 N–H and O–H groups in total. The van der Waals surface area contributed by atoms with E-state index in [0.717, 1.165) is 22.5 Å². The van der Waals surface area contributed by atoms with Crippen LogP contribution in [0.3, 0.4) is 0 Å². The van der Waals surface area contributed by atoms with Crippen molar-refractivity contribution in [2.75, 3.05) is 25.5 Å². The summed E-state index contributed by atoms with van der Waals surface area (Å²) in [7, 11) is 4.03. The van der Waals surface area contributed by atoms with Crippen LogP contribution in [0.4, 0.5) is 5.69 Å². The van der Waals surface area contributed by atoms with Gasteiger partial charge in [0.15, 0.2) is 6.10 Å². The van der Waals surface area contributed by atoms with Crippen molar-refractivity contribution in [3.8, 4) is 0 Å². The third-order valence-electron chi connectivity index (χ3n) is 4.79. The van der Waals surface area contributed by atoms with Crippen molar-refractivity contribution in [2.45, 2.75) is 32.4 Å². The van der Waals surface area contributed by atoms with E-state index in [0.29, 0.717) is 31.0 Å². The molecule has 0 saturated heterocycles. The van der Waals surface area contributed by atoms with Gasteiger partial charge in [-0.05, 0) is 35.4 Å². The average molecular weight is 400 g/mol. The second kappa shape index (κ2) is 9.11. The largest absolute Gasteiger partial charge is 0.390 e. The molecule has 0 bridgehead atoms. The van der Waals surface area contributed by atoms with Crippen LogP contribution < -0.4 is 4.90 Å². The number of carbonyl (C=O) groups is 1. The summed E-state index contributed by atoms with van der Waals surface area (Å²) in [4.78, 5) is 22.0. The van der Waals surface area contributed by atoms with Crippen molar-refractivity contribution >= 4 is 28.9 Å². The van der Waals surface area contributed by atoms with Crippen LogP contribution in [0, 0.1) is 0 Å². The number of anilines is 1. The monoisotopic (exact) mass is 399 g/mol. The van der Waals surface area contributed by atoms with Crippen molar-refractivity contribution in [1.29, 1.82) is 0 Å². The molecule has 2 aromatic rings. The molecule has 0 aromatic heterocycles. The number of oxime groups is 1. The number of nitrogens with zero attached hydrogens (tertiary/aromatic N) is 3. The summed E-state index contributed by atoms with van der Waals surface area (Å²) in [5.74, 6) is 0.0901. The zero-order valence-corrected chi connectivity index (χ0v) is 17.3. The maximum Gasteiger partial charge on any atom is 0.222 e. The van der Waals surface area contributed by atoms with Gasteiger partial charge in [0, 0.05) is 44.2 Å². The number of amides is 1. The van der Waals surface area contributed by atoms with E-state index in [9.17, 15) is 4.79 Å². The standard InChI is InChI=1S/C22H26ClN3O2/c1-4-22(27)26(14-16-6-5-7-18(23)12-16)15-20-13-21(24-28-20)17-8-10-19(11-9-17)25(2)3/h5-12,20H,4,13-15H2,1-3H3/t20-/m1/s1. The molecule has 1 atom stereocenters. The molecule has 1 aliphatic heterocycles. The molecular weight excluding hydrogens is 374 g/mol. The maximum atomic E-state index is 12.4. The lowest BCUT2D eigenvalue weighted by Crippen LogP contribution is -2.36. The molecule has 28 heavy (non-hydrogen) atoms. The van der Waals surface area contributed by atoms with Gasteiger partial charge in [0.05, 0.1) is 12.3 Å². The van der Waals surface area contributed by atoms with Crippen LogP contribution in [-0.2, 0) is 16.2 Å². The van der Waals surface area contributed by atoms with Crippen molar-refractivity contribution < 1.29 is 9.63 Å². The third-order valence-corrected chi connectivity index (χ3v) is 5.03. The number of hydrogen-bond acceptors (Lipinski definition) is 4. The molecule has 1 amide bonds. The first-order valence-electron chi connectivity index (χ1n) is 9.49. The summed E-state index contributed by atoms with van der Waals surface area (Å²) < 4.78 is 0. The number of rotatable bonds is 7. The van der Waals surface area contributed by atoms with Crippen LogP contribution in [0.1, 0.15) is 30.9 Å². The number of carbonyl (C=O) groups excluding carboxylic acids is 1. The van der Waals surface area contributed by atoms with Gasteiger partial charge in [-0.25, -0.2) is 0 Å². The summed E-state index contributed by atoms with van der Waals surface area (Å²) in [6.45, 7) is 2.89. The van der Waals surface area contributed by atoms with E-state index >= 15 is 0 Å². The highest BCUT2D eigenvalue weighted by Crippen LogP contribution is 2.21. The number of hydrogen-bond donors (Lipinski definition) is 0. The Kier molecular flexibility index (Phi) is 6.57. The molecule has 148 valence electrons. The molecule has 5 nitrogen and oxygen atoms in total. The normalized spacial score (nSPS) is 15.7. The third kappa shape index (κ3) is 5.04. The molecule has 0 radical (unpaired) electrons. The highest BCUT2D eigenvalue weighted by atomic mass is 35.5. The Morgan fingerprint density at radius 2 is 1.96 bits per heavy atom. The van der Waals surface area contributed by atoms with E-state index in [1.54, 1.807) is 0 Å². The zero-order valence-electron chi connectivity index (χ0n) is 16.6. The Balaban J connectivity index is 1.64. The number of halogens is 1. The van der Waals surface area contributed by atoms with E-state index in [4.69, 9.17) is 16.4 Å². The Morgan fingerprint density at radius 3 is 2.61 bits per heavy atom. The fourth-order valence-electron chi connectivity index (χ4n) is 3.23. The van der Waals surface area contributed by atoms with E-state index < -0.39 is 0 Å². The molecule has 2 aromatic carbocycles. The van der Waals surface area contributed by atoms with Gasteiger partial charge < -0.3 is 14.6 Å². The van der Waals surface area contributed by atoms with Gasteiger partial charge >= 0.3 is 0 Å². The fraction of sp³-hybridized carbons (Fsp3) is 0.364. The first-order valence-corrected chi connectivity index (χ1v) is 9.86. The van der Waals surface area contributed by atoms with E-state index in [1.165, 1.54) is 0 Å². The second-order valence-corrected chi connectivity index (χ2v) is 7.60. The van der Waals surface area contributed by atoms with Crippen LogP contribution in [0.15, 0.2) is 53.7 Å². The van der Waals surface area contributed by atoms with Gasteiger partial charge in [-0.2, -0.15) is 0 Å². The number of benzene rings is 2. The van der Waals surface area contributed by atoms with Crippen LogP contribution >= 0.6 is 11.6 Å². The molecule has 0 spiro atoms. The van der Waals surface area contributed by atoms with Gasteiger partial charge in [-0.3, -0.25) is 4.79 Å². The van der Waals surface area contributed by atoms with E-state index in [2.05, 4.69) is 34.3 Å². The SMILES string of the molecule is CCC(=O)N(Cc1cccc(Cl)c1)C[C@H]1CC(c2ccc(N(C)C)cc2)=NO1.